The highest BCUT2D eigenvalue weighted by molar-refractivity contribution is 5.80. The van der Waals surface area contributed by atoms with Crippen molar-refractivity contribution in [3.63, 3.8) is 0 Å². The number of rotatable bonds is 6. The van der Waals surface area contributed by atoms with Crippen molar-refractivity contribution in [2.24, 2.45) is 11.8 Å². The van der Waals surface area contributed by atoms with E-state index in [1.807, 2.05) is 12.4 Å². The Morgan fingerprint density at radius 3 is 2.69 bits per heavy atom. The van der Waals surface area contributed by atoms with Gasteiger partial charge in [-0.25, -0.2) is 4.98 Å². The van der Waals surface area contributed by atoms with Gasteiger partial charge in [0, 0.05) is 32.0 Å². The monoisotopic (exact) mass is 362 g/mol. The van der Waals surface area contributed by atoms with Crippen molar-refractivity contribution in [1.82, 2.24) is 19.8 Å². The van der Waals surface area contributed by atoms with E-state index in [0.717, 1.165) is 44.2 Å². The third kappa shape index (κ3) is 4.29. The predicted molar refractivity (Wildman–Crippen MR) is 102 cm³/mol. The van der Waals surface area contributed by atoms with Crippen LogP contribution in [-0.4, -0.2) is 52.6 Å². The molecule has 1 spiro atoms. The number of imidazole rings is 1. The van der Waals surface area contributed by atoms with E-state index < -0.39 is 11.7 Å². The van der Waals surface area contributed by atoms with Crippen molar-refractivity contribution in [3.05, 3.63) is 18.2 Å². The molecule has 2 aliphatic rings. The zero-order valence-corrected chi connectivity index (χ0v) is 16.7. The highest BCUT2D eigenvalue weighted by Crippen LogP contribution is 2.40. The molecule has 6 heteroatoms. The summed E-state index contributed by atoms with van der Waals surface area (Å²) >= 11 is 0. The molecule has 2 aliphatic heterocycles. The van der Waals surface area contributed by atoms with E-state index in [4.69, 9.17) is 4.74 Å². The van der Waals surface area contributed by atoms with Gasteiger partial charge in [0.1, 0.15) is 11.4 Å². The van der Waals surface area contributed by atoms with Crippen LogP contribution < -0.4 is 5.32 Å². The summed E-state index contributed by atoms with van der Waals surface area (Å²) in [6.07, 6.45) is 6.40. The van der Waals surface area contributed by atoms with Crippen LogP contribution >= 0.6 is 0 Å². The number of aromatic nitrogens is 2. The summed E-state index contributed by atoms with van der Waals surface area (Å²) in [5.41, 5.74) is -0.421. The number of hydrogen-bond acceptors (Lipinski definition) is 4. The number of likely N-dealkylation sites (tertiary alicyclic amines) is 1. The van der Waals surface area contributed by atoms with E-state index in [2.05, 4.69) is 47.5 Å². The molecule has 1 aromatic rings. The van der Waals surface area contributed by atoms with Gasteiger partial charge in [0.05, 0.1) is 6.54 Å². The van der Waals surface area contributed by atoms with Gasteiger partial charge in [0.25, 0.3) is 5.91 Å². The standard InChI is InChI=1S/C20H34N4O2/c1-15(2)5-9-23-10-6-20(7-11-23)19-21-8-12-24(19)14-17(26-20)18(25)22-13-16(3)4/h8,12,15-17H,5-7,9-11,13-14H2,1-4H3,(H,22,25)/t17-/m1/s1. The second-order valence-electron chi connectivity index (χ2n) is 8.67. The molecule has 6 nitrogen and oxygen atoms in total. The van der Waals surface area contributed by atoms with Gasteiger partial charge in [0.2, 0.25) is 0 Å². The minimum Gasteiger partial charge on any atom is -0.354 e. The number of ether oxygens (including phenoxy) is 1. The molecule has 26 heavy (non-hydrogen) atoms. The number of carbonyl (C=O) groups excluding carboxylic acids is 1. The number of fused-ring (bicyclic) bond motifs is 2. The number of nitrogens with zero attached hydrogens (tertiary/aromatic N) is 3. The molecule has 0 saturated carbocycles. The fourth-order valence-electron chi connectivity index (χ4n) is 3.87. The molecule has 1 fully saturated rings. The van der Waals surface area contributed by atoms with Crippen LogP contribution in [0.5, 0.6) is 0 Å². The van der Waals surface area contributed by atoms with Crippen LogP contribution in [0.2, 0.25) is 0 Å². The minimum atomic E-state index is -0.433. The molecular formula is C20H34N4O2. The summed E-state index contributed by atoms with van der Waals surface area (Å²) in [7, 11) is 0. The molecule has 0 unspecified atom stereocenters. The maximum absolute atomic E-state index is 12.6. The summed E-state index contributed by atoms with van der Waals surface area (Å²) in [6.45, 7) is 13.1. The SMILES string of the molecule is CC(C)CCN1CCC2(CC1)O[C@@H](C(=O)NCC(C)C)Cn1ccnc12. The fraction of sp³-hybridized carbons (Fsp3) is 0.800. The van der Waals surface area contributed by atoms with Crippen LogP contribution in [0.1, 0.15) is 52.8 Å². The summed E-state index contributed by atoms with van der Waals surface area (Å²) < 4.78 is 8.56. The number of carbonyl (C=O) groups is 1. The van der Waals surface area contributed by atoms with Crippen molar-refractivity contribution < 1.29 is 9.53 Å². The lowest BCUT2D eigenvalue weighted by Crippen LogP contribution is -2.54. The molecule has 146 valence electrons. The molecule has 1 aromatic heterocycles. The van der Waals surface area contributed by atoms with Crippen LogP contribution in [0.15, 0.2) is 12.4 Å². The molecule has 0 aliphatic carbocycles. The Labute approximate surface area is 157 Å². The highest BCUT2D eigenvalue weighted by Gasteiger charge is 2.46. The molecule has 0 bridgehead atoms. The number of piperidine rings is 1. The molecule has 3 heterocycles. The first-order valence-electron chi connectivity index (χ1n) is 10.1. The van der Waals surface area contributed by atoms with E-state index in [0.29, 0.717) is 19.0 Å². The number of nitrogens with one attached hydrogen (secondary N) is 1. The van der Waals surface area contributed by atoms with Crippen LogP contribution in [0.4, 0.5) is 0 Å². The Bertz CT molecular complexity index is 603. The topological polar surface area (TPSA) is 59.4 Å². The molecular weight excluding hydrogens is 328 g/mol. The zero-order chi connectivity index (χ0) is 18.7. The van der Waals surface area contributed by atoms with Gasteiger partial charge in [-0.15, -0.1) is 0 Å². The first-order chi connectivity index (χ1) is 12.4. The van der Waals surface area contributed by atoms with Gasteiger partial charge in [-0.05, 0) is 37.6 Å². The maximum Gasteiger partial charge on any atom is 0.251 e. The predicted octanol–water partition coefficient (Wildman–Crippen LogP) is 2.39. The lowest BCUT2D eigenvalue weighted by molar-refractivity contribution is -0.173. The molecule has 3 rings (SSSR count). The Morgan fingerprint density at radius 2 is 2.04 bits per heavy atom. The molecule has 0 aromatic carbocycles. The highest BCUT2D eigenvalue weighted by atomic mass is 16.5. The average Bonchev–Trinajstić information content (AvgIpc) is 3.08. The van der Waals surface area contributed by atoms with Gasteiger partial charge >= 0.3 is 0 Å². The van der Waals surface area contributed by atoms with E-state index >= 15 is 0 Å². The van der Waals surface area contributed by atoms with Crippen LogP contribution in [0, 0.1) is 11.8 Å². The Morgan fingerprint density at radius 1 is 1.31 bits per heavy atom. The zero-order valence-electron chi connectivity index (χ0n) is 16.7. The molecule has 1 saturated heterocycles. The van der Waals surface area contributed by atoms with Gasteiger partial charge in [0.15, 0.2) is 6.10 Å². The normalized spacial score (nSPS) is 22.8. The van der Waals surface area contributed by atoms with Crippen molar-refractivity contribution in [3.8, 4) is 0 Å². The third-order valence-electron chi connectivity index (χ3n) is 5.52. The number of amides is 1. The van der Waals surface area contributed by atoms with Gasteiger partial charge in [-0.1, -0.05) is 27.7 Å². The fourth-order valence-corrected chi connectivity index (χ4v) is 3.87. The Kier molecular flexibility index (Phi) is 6.03. The molecule has 1 N–H and O–H groups in total. The quantitative estimate of drug-likeness (QED) is 0.844. The Balaban J connectivity index is 1.68. The summed E-state index contributed by atoms with van der Waals surface area (Å²) in [6, 6.07) is 0. The van der Waals surface area contributed by atoms with Gasteiger partial charge in [-0.3, -0.25) is 4.79 Å². The minimum absolute atomic E-state index is 0.000313. The second kappa shape index (κ2) is 8.09. The first-order valence-corrected chi connectivity index (χ1v) is 10.1. The van der Waals surface area contributed by atoms with Crippen molar-refractivity contribution in [2.75, 3.05) is 26.2 Å². The van der Waals surface area contributed by atoms with Crippen molar-refractivity contribution in [1.29, 1.82) is 0 Å². The van der Waals surface area contributed by atoms with Crippen molar-refractivity contribution >= 4 is 5.91 Å². The lowest BCUT2D eigenvalue weighted by atomic mass is 9.88. The summed E-state index contributed by atoms with van der Waals surface area (Å²) in [5, 5.41) is 3.03. The van der Waals surface area contributed by atoms with Crippen LogP contribution in [-0.2, 0) is 21.7 Å². The lowest BCUT2D eigenvalue weighted by Gasteiger charge is -2.45. The number of hydrogen-bond donors (Lipinski definition) is 1. The van der Waals surface area contributed by atoms with E-state index in [1.54, 1.807) is 0 Å². The molecule has 1 amide bonds. The smallest absolute Gasteiger partial charge is 0.251 e. The van der Waals surface area contributed by atoms with Crippen molar-refractivity contribution in [2.45, 2.75) is 65.2 Å². The van der Waals surface area contributed by atoms with Crippen LogP contribution in [0.25, 0.3) is 0 Å². The summed E-state index contributed by atoms with van der Waals surface area (Å²) in [5.74, 6) is 2.16. The van der Waals surface area contributed by atoms with E-state index in [-0.39, 0.29) is 5.91 Å². The van der Waals surface area contributed by atoms with E-state index in [9.17, 15) is 4.79 Å². The average molecular weight is 363 g/mol. The second-order valence-corrected chi connectivity index (χ2v) is 8.67. The third-order valence-corrected chi connectivity index (χ3v) is 5.52. The largest absolute Gasteiger partial charge is 0.354 e. The van der Waals surface area contributed by atoms with Gasteiger partial charge in [-0.2, -0.15) is 0 Å². The van der Waals surface area contributed by atoms with Gasteiger partial charge < -0.3 is 19.5 Å². The Hall–Kier alpha value is -1.40. The maximum atomic E-state index is 12.6. The molecule has 1 atom stereocenters. The summed E-state index contributed by atoms with van der Waals surface area (Å²) in [4.78, 5) is 19.7. The van der Waals surface area contributed by atoms with E-state index in [1.165, 1.54) is 6.42 Å². The molecule has 0 radical (unpaired) electrons. The first kappa shape index (κ1) is 19.4. The van der Waals surface area contributed by atoms with Crippen LogP contribution in [0.3, 0.4) is 0 Å².